The van der Waals surface area contributed by atoms with Crippen LogP contribution in [0.1, 0.15) is 10.6 Å². The van der Waals surface area contributed by atoms with Crippen molar-refractivity contribution in [2.24, 2.45) is 0 Å². The predicted octanol–water partition coefficient (Wildman–Crippen LogP) is 0.844. The van der Waals surface area contributed by atoms with E-state index in [0.717, 1.165) is 26.2 Å². The van der Waals surface area contributed by atoms with Crippen LogP contribution in [-0.4, -0.2) is 65.8 Å². The van der Waals surface area contributed by atoms with E-state index in [-0.39, 0.29) is 17.4 Å². The van der Waals surface area contributed by atoms with E-state index in [1.165, 1.54) is 17.8 Å². The maximum Gasteiger partial charge on any atom is 0.371 e. The molecule has 1 fully saturated rings. The molecule has 6 nitrogen and oxygen atoms in total. The van der Waals surface area contributed by atoms with Crippen LogP contribution in [0.25, 0.3) is 0 Å². The molecule has 7 heteroatoms. The zero-order chi connectivity index (χ0) is 13.8. The average Bonchev–Trinajstić information content (AvgIpc) is 2.86. The fourth-order valence-corrected chi connectivity index (χ4v) is 2.55. The van der Waals surface area contributed by atoms with Gasteiger partial charge in [0.1, 0.15) is 0 Å². The number of likely N-dealkylation sites (N-methyl/N-ethyl adjacent to an activating group) is 1. The summed E-state index contributed by atoms with van der Waals surface area (Å²) in [5.74, 6) is -0.866. The largest absolute Gasteiger partial charge is 0.475 e. The second-order valence-corrected chi connectivity index (χ2v) is 5.38. The molecule has 0 saturated carbocycles. The minimum absolute atomic E-state index is 0.0615. The average molecular weight is 284 g/mol. The van der Waals surface area contributed by atoms with Gasteiger partial charge in [-0.2, -0.15) is 0 Å². The number of carbonyl (C=O) groups excluding carboxylic acids is 1. The Hall–Kier alpha value is -1.47. The van der Waals surface area contributed by atoms with Crippen molar-refractivity contribution in [3.05, 3.63) is 17.9 Å². The third-order valence-electron chi connectivity index (χ3n) is 2.99. The number of nitrogens with zero attached hydrogens (tertiary/aromatic N) is 2. The molecule has 0 spiro atoms. The Morgan fingerprint density at radius 1 is 1.32 bits per heavy atom. The number of rotatable bonds is 4. The summed E-state index contributed by atoms with van der Waals surface area (Å²) < 4.78 is 5.08. The van der Waals surface area contributed by atoms with Gasteiger partial charge in [0.05, 0.1) is 5.75 Å². The molecule has 0 radical (unpaired) electrons. The molecule has 1 aromatic heterocycles. The quantitative estimate of drug-likeness (QED) is 0.826. The molecule has 0 atom stereocenters. The Kier molecular flexibility index (Phi) is 4.49. The van der Waals surface area contributed by atoms with Gasteiger partial charge in [0.25, 0.3) is 0 Å². The molecular formula is C12H16N2O4S. The van der Waals surface area contributed by atoms with Gasteiger partial charge in [-0.15, -0.1) is 0 Å². The Morgan fingerprint density at radius 3 is 2.58 bits per heavy atom. The molecule has 2 heterocycles. The number of carboxylic acid groups (broad SMARTS) is 1. The Morgan fingerprint density at radius 2 is 2.00 bits per heavy atom. The van der Waals surface area contributed by atoms with Gasteiger partial charge in [0.2, 0.25) is 11.7 Å². The molecule has 1 aliphatic rings. The van der Waals surface area contributed by atoms with Crippen molar-refractivity contribution in [1.82, 2.24) is 9.80 Å². The van der Waals surface area contributed by atoms with E-state index in [0.29, 0.717) is 5.09 Å². The molecule has 0 unspecified atom stereocenters. The van der Waals surface area contributed by atoms with Gasteiger partial charge in [0.15, 0.2) is 5.09 Å². The summed E-state index contributed by atoms with van der Waals surface area (Å²) in [5, 5.41) is 9.18. The molecule has 1 amide bonds. The highest BCUT2D eigenvalue weighted by molar-refractivity contribution is 7.99. The summed E-state index contributed by atoms with van der Waals surface area (Å²) in [5.41, 5.74) is 0. The SMILES string of the molecule is CN1CCN(C(=O)CSc2ccc(C(=O)O)o2)CC1. The van der Waals surface area contributed by atoms with E-state index in [1.54, 1.807) is 6.07 Å². The summed E-state index contributed by atoms with van der Waals surface area (Å²) >= 11 is 1.23. The van der Waals surface area contributed by atoms with Crippen molar-refractivity contribution in [2.75, 3.05) is 39.0 Å². The number of hydrogen-bond donors (Lipinski definition) is 1. The molecule has 0 aliphatic carbocycles. The molecule has 1 aliphatic heterocycles. The summed E-state index contributed by atoms with van der Waals surface area (Å²) in [4.78, 5) is 26.6. The molecule has 0 bridgehead atoms. The lowest BCUT2D eigenvalue weighted by Gasteiger charge is -2.32. The van der Waals surface area contributed by atoms with Crippen LogP contribution in [0, 0.1) is 0 Å². The van der Waals surface area contributed by atoms with Gasteiger partial charge < -0.3 is 19.3 Å². The van der Waals surface area contributed by atoms with Crippen LogP contribution < -0.4 is 0 Å². The van der Waals surface area contributed by atoms with E-state index in [2.05, 4.69) is 4.90 Å². The lowest BCUT2D eigenvalue weighted by molar-refractivity contribution is -0.129. The number of aromatic carboxylic acids is 1. The Bertz CT molecular complexity index is 466. The van der Waals surface area contributed by atoms with Crippen molar-refractivity contribution in [3.63, 3.8) is 0 Å². The normalized spacial score (nSPS) is 16.6. The topological polar surface area (TPSA) is 74.0 Å². The van der Waals surface area contributed by atoms with Crippen LogP contribution >= 0.6 is 11.8 Å². The molecule has 19 heavy (non-hydrogen) atoms. The zero-order valence-corrected chi connectivity index (χ0v) is 11.5. The number of carbonyl (C=O) groups is 2. The van der Waals surface area contributed by atoms with Gasteiger partial charge in [0, 0.05) is 26.2 Å². The molecule has 104 valence electrons. The highest BCUT2D eigenvalue weighted by atomic mass is 32.2. The number of carboxylic acids is 1. The van der Waals surface area contributed by atoms with Crippen molar-refractivity contribution in [3.8, 4) is 0 Å². The summed E-state index contributed by atoms with van der Waals surface area (Å²) in [7, 11) is 2.03. The van der Waals surface area contributed by atoms with Gasteiger partial charge in [-0.25, -0.2) is 4.79 Å². The van der Waals surface area contributed by atoms with E-state index >= 15 is 0 Å². The third-order valence-corrected chi connectivity index (χ3v) is 3.88. The number of hydrogen-bond acceptors (Lipinski definition) is 5. The lowest BCUT2D eigenvalue weighted by atomic mass is 10.3. The highest BCUT2D eigenvalue weighted by Crippen LogP contribution is 2.21. The summed E-state index contributed by atoms with van der Waals surface area (Å²) in [6.07, 6.45) is 0. The molecular weight excluding hydrogens is 268 g/mol. The first-order valence-electron chi connectivity index (χ1n) is 5.98. The lowest BCUT2D eigenvalue weighted by Crippen LogP contribution is -2.47. The molecule has 2 rings (SSSR count). The fourth-order valence-electron chi connectivity index (χ4n) is 1.79. The summed E-state index contributed by atoms with van der Waals surface area (Å²) in [6, 6.07) is 2.97. The van der Waals surface area contributed by atoms with E-state index in [4.69, 9.17) is 9.52 Å². The first-order chi connectivity index (χ1) is 9.06. The van der Waals surface area contributed by atoms with Crippen molar-refractivity contribution >= 4 is 23.6 Å². The molecule has 1 N–H and O–H groups in total. The Labute approximate surface area is 115 Å². The van der Waals surface area contributed by atoms with Gasteiger partial charge in [-0.1, -0.05) is 11.8 Å². The summed E-state index contributed by atoms with van der Waals surface area (Å²) in [6.45, 7) is 3.27. The van der Waals surface area contributed by atoms with Gasteiger partial charge in [-0.05, 0) is 19.2 Å². The predicted molar refractivity (Wildman–Crippen MR) is 70.5 cm³/mol. The van der Waals surface area contributed by atoms with Crippen LogP contribution in [0.2, 0.25) is 0 Å². The van der Waals surface area contributed by atoms with Crippen LogP contribution in [0.5, 0.6) is 0 Å². The van der Waals surface area contributed by atoms with Crippen LogP contribution in [0.4, 0.5) is 0 Å². The van der Waals surface area contributed by atoms with Gasteiger partial charge >= 0.3 is 5.97 Å². The van der Waals surface area contributed by atoms with Crippen molar-refractivity contribution in [2.45, 2.75) is 5.09 Å². The van der Waals surface area contributed by atoms with Crippen molar-refractivity contribution in [1.29, 1.82) is 0 Å². The second-order valence-electron chi connectivity index (χ2n) is 4.40. The van der Waals surface area contributed by atoms with Crippen molar-refractivity contribution < 1.29 is 19.1 Å². The molecule has 0 aromatic carbocycles. The van der Waals surface area contributed by atoms with Crippen LogP contribution in [-0.2, 0) is 4.79 Å². The standard InChI is InChI=1S/C12H16N2O4S/c1-13-4-6-14(7-5-13)10(15)8-19-11-3-2-9(18-11)12(16)17/h2-3H,4-8H2,1H3,(H,16,17). The third kappa shape index (κ3) is 3.74. The number of piperazine rings is 1. The van der Waals surface area contributed by atoms with Crippen LogP contribution in [0.15, 0.2) is 21.6 Å². The minimum atomic E-state index is -1.10. The maximum absolute atomic E-state index is 11.9. The second kappa shape index (κ2) is 6.12. The van der Waals surface area contributed by atoms with E-state index < -0.39 is 5.97 Å². The van der Waals surface area contributed by atoms with E-state index in [1.807, 2.05) is 11.9 Å². The molecule has 1 saturated heterocycles. The monoisotopic (exact) mass is 284 g/mol. The highest BCUT2D eigenvalue weighted by Gasteiger charge is 2.19. The number of furan rings is 1. The smallest absolute Gasteiger partial charge is 0.371 e. The van der Waals surface area contributed by atoms with Gasteiger partial charge in [-0.3, -0.25) is 4.79 Å². The number of thioether (sulfide) groups is 1. The number of amides is 1. The maximum atomic E-state index is 11.9. The molecule has 1 aromatic rings. The zero-order valence-electron chi connectivity index (χ0n) is 10.7. The first kappa shape index (κ1) is 14.0. The first-order valence-corrected chi connectivity index (χ1v) is 6.97. The van der Waals surface area contributed by atoms with E-state index in [9.17, 15) is 9.59 Å². The minimum Gasteiger partial charge on any atom is -0.475 e. The Balaban J connectivity index is 1.81. The fraction of sp³-hybridized carbons (Fsp3) is 0.500. The van der Waals surface area contributed by atoms with Crippen LogP contribution in [0.3, 0.4) is 0 Å².